The van der Waals surface area contributed by atoms with Gasteiger partial charge in [0.05, 0.1) is 6.54 Å². The normalized spacial score (nSPS) is 25.0. The summed E-state index contributed by atoms with van der Waals surface area (Å²) in [5, 5.41) is 3.27. The lowest BCUT2D eigenvalue weighted by molar-refractivity contribution is -0.124. The van der Waals surface area contributed by atoms with Crippen LogP contribution in [0.2, 0.25) is 0 Å². The summed E-state index contributed by atoms with van der Waals surface area (Å²) in [5.74, 6) is 1.75. The van der Waals surface area contributed by atoms with Gasteiger partial charge in [0.25, 0.3) is 0 Å². The molecule has 1 N–H and O–H groups in total. The molecule has 0 spiro atoms. The van der Waals surface area contributed by atoms with Crippen molar-refractivity contribution < 1.29 is 9.53 Å². The third-order valence-corrected chi connectivity index (χ3v) is 5.71. The summed E-state index contributed by atoms with van der Waals surface area (Å²) in [7, 11) is 0. The highest BCUT2D eigenvalue weighted by atomic mass is 16.5. The fraction of sp³-hybridized carbons (Fsp3) is 0.667. The van der Waals surface area contributed by atoms with E-state index in [1.807, 2.05) is 30.3 Å². The van der Waals surface area contributed by atoms with Crippen LogP contribution in [0.4, 0.5) is 0 Å². The first-order chi connectivity index (χ1) is 12.7. The Morgan fingerprint density at radius 1 is 1.08 bits per heavy atom. The summed E-state index contributed by atoms with van der Waals surface area (Å²) in [4.78, 5) is 17.0. The Kier molecular flexibility index (Phi) is 7.32. The number of nitrogens with one attached hydrogen (secondary N) is 1. The lowest BCUT2D eigenvalue weighted by Crippen LogP contribution is -2.51. The molecule has 1 aliphatic carbocycles. The van der Waals surface area contributed by atoms with Crippen LogP contribution < -0.4 is 10.1 Å². The predicted molar refractivity (Wildman–Crippen MR) is 104 cm³/mol. The van der Waals surface area contributed by atoms with Crippen LogP contribution >= 0.6 is 0 Å². The number of ether oxygens (including phenoxy) is 1. The number of hydrogen-bond acceptors (Lipinski definition) is 4. The molecule has 5 nitrogen and oxygen atoms in total. The van der Waals surface area contributed by atoms with E-state index in [2.05, 4.69) is 22.0 Å². The summed E-state index contributed by atoms with van der Waals surface area (Å²) in [6.45, 7) is 8.38. The molecular weight excluding hydrogens is 326 g/mol. The summed E-state index contributed by atoms with van der Waals surface area (Å²) >= 11 is 0. The molecule has 1 saturated heterocycles. The molecule has 1 heterocycles. The fourth-order valence-electron chi connectivity index (χ4n) is 3.97. The van der Waals surface area contributed by atoms with E-state index in [0.29, 0.717) is 25.1 Å². The van der Waals surface area contributed by atoms with Crippen molar-refractivity contribution in [2.24, 2.45) is 5.92 Å². The molecule has 3 rings (SSSR count). The van der Waals surface area contributed by atoms with Crippen LogP contribution in [0.1, 0.15) is 32.6 Å². The SMILES string of the molecule is C[C@@H]1CCCC[C@H]1NC(=O)CN1CCN(CCOc2ccccc2)CC1. The van der Waals surface area contributed by atoms with E-state index in [-0.39, 0.29) is 5.91 Å². The van der Waals surface area contributed by atoms with Crippen molar-refractivity contribution in [1.29, 1.82) is 0 Å². The first-order valence-corrected chi connectivity index (χ1v) is 10.1. The quantitative estimate of drug-likeness (QED) is 0.812. The van der Waals surface area contributed by atoms with Gasteiger partial charge in [-0.3, -0.25) is 14.6 Å². The maximum atomic E-state index is 12.3. The third kappa shape index (κ3) is 5.99. The summed E-state index contributed by atoms with van der Waals surface area (Å²) in [5.41, 5.74) is 0. The van der Waals surface area contributed by atoms with Crippen molar-refractivity contribution >= 4 is 5.91 Å². The Morgan fingerprint density at radius 2 is 1.77 bits per heavy atom. The summed E-state index contributed by atoms with van der Waals surface area (Å²) in [6.07, 6.45) is 4.94. The van der Waals surface area contributed by atoms with Crippen molar-refractivity contribution in [3.8, 4) is 5.75 Å². The molecule has 1 aliphatic heterocycles. The molecule has 0 radical (unpaired) electrons. The second-order valence-corrected chi connectivity index (χ2v) is 7.72. The van der Waals surface area contributed by atoms with Crippen molar-refractivity contribution in [3.05, 3.63) is 30.3 Å². The topological polar surface area (TPSA) is 44.8 Å². The largest absolute Gasteiger partial charge is 0.492 e. The van der Waals surface area contributed by atoms with E-state index in [1.54, 1.807) is 0 Å². The highest BCUT2D eigenvalue weighted by Gasteiger charge is 2.24. The van der Waals surface area contributed by atoms with Crippen molar-refractivity contribution in [3.63, 3.8) is 0 Å². The molecule has 0 bridgehead atoms. The van der Waals surface area contributed by atoms with E-state index in [9.17, 15) is 4.79 Å². The number of amides is 1. The lowest BCUT2D eigenvalue weighted by Gasteiger charge is -2.35. The zero-order valence-corrected chi connectivity index (χ0v) is 16.0. The van der Waals surface area contributed by atoms with Crippen LogP contribution in [0, 0.1) is 5.92 Å². The monoisotopic (exact) mass is 359 g/mol. The van der Waals surface area contributed by atoms with E-state index in [1.165, 1.54) is 19.3 Å². The van der Waals surface area contributed by atoms with Crippen LogP contribution in [0.5, 0.6) is 5.75 Å². The van der Waals surface area contributed by atoms with Gasteiger partial charge in [0.15, 0.2) is 0 Å². The van der Waals surface area contributed by atoms with Crippen molar-refractivity contribution in [2.45, 2.75) is 38.6 Å². The lowest BCUT2D eigenvalue weighted by atomic mass is 9.86. The first kappa shape index (κ1) is 19.2. The minimum absolute atomic E-state index is 0.199. The number of para-hydroxylation sites is 1. The number of nitrogens with zero attached hydrogens (tertiary/aromatic N) is 2. The molecule has 0 unspecified atom stereocenters. The molecule has 2 aliphatic rings. The highest BCUT2D eigenvalue weighted by molar-refractivity contribution is 5.78. The molecule has 1 amide bonds. The van der Waals surface area contributed by atoms with Crippen LogP contribution in [0.25, 0.3) is 0 Å². The van der Waals surface area contributed by atoms with Gasteiger partial charge in [0, 0.05) is 38.8 Å². The molecule has 26 heavy (non-hydrogen) atoms. The smallest absolute Gasteiger partial charge is 0.234 e. The first-order valence-electron chi connectivity index (χ1n) is 10.1. The molecule has 1 aromatic rings. The minimum Gasteiger partial charge on any atom is -0.492 e. The fourth-order valence-corrected chi connectivity index (χ4v) is 3.97. The summed E-state index contributed by atoms with van der Waals surface area (Å²) < 4.78 is 5.78. The number of rotatable bonds is 7. The molecule has 2 fully saturated rings. The maximum Gasteiger partial charge on any atom is 0.234 e. The van der Waals surface area contributed by atoms with Crippen LogP contribution in [-0.4, -0.2) is 67.6 Å². The zero-order chi connectivity index (χ0) is 18.2. The second-order valence-electron chi connectivity index (χ2n) is 7.72. The van der Waals surface area contributed by atoms with Gasteiger partial charge in [-0.2, -0.15) is 0 Å². The molecule has 144 valence electrons. The Bertz CT molecular complexity index is 543. The number of carbonyl (C=O) groups is 1. The Balaban J connectivity index is 1.30. The highest BCUT2D eigenvalue weighted by Crippen LogP contribution is 2.23. The van der Waals surface area contributed by atoms with Crippen molar-refractivity contribution in [2.75, 3.05) is 45.9 Å². The molecular formula is C21H33N3O2. The third-order valence-electron chi connectivity index (χ3n) is 5.71. The number of hydrogen-bond donors (Lipinski definition) is 1. The number of carbonyl (C=O) groups excluding carboxylic acids is 1. The zero-order valence-electron chi connectivity index (χ0n) is 16.0. The average molecular weight is 360 g/mol. The van der Waals surface area contributed by atoms with Gasteiger partial charge < -0.3 is 10.1 Å². The Labute approximate surface area is 157 Å². The molecule has 1 saturated carbocycles. The molecule has 2 atom stereocenters. The Hall–Kier alpha value is -1.59. The van der Waals surface area contributed by atoms with Gasteiger partial charge in [-0.1, -0.05) is 38.0 Å². The van der Waals surface area contributed by atoms with E-state index in [0.717, 1.165) is 44.9 Å². The van der Waals surface area contributed by atoms with Crippen LogP contribution in [0.15, 0.2) is 30.3 Å². The van der Waals surface area contributed by atoms with Gasteiger partial charge in [0.2, 0.25) is 5.91 Å². The van der Waals surface area contributed by atoms with E-state index >= 15 is 0 Å². The van der Waals surface area contributed by atoms with Crippen LogP contribution in [0.3, 0.4) is 0 Å². The summed E-state index contributed by atoms with van der Waals surface area (Å²) in [6, 6.07) is 10.3. The predicted octanol–water partition coefficient (Wildman–Crippen LogP) is 2.38. The van der Waals surface area contributed by atoms with Gasteiger partial charge in [-0.15, -0.1) is 0 Å². The molecule has 5 heteroatoms. The average Bonchev–Trinajstić information content (AvgIpc) is 2.66. The van der Waals surface area contributed by atoms with Gasteiger partial charge in [-0.25, -0.2) is 0 Å². The van der Waals surface area contributed by atoms with Gasteiger partial charge in [0.1, 0.15) is 12.4 Å². The van der Waals surface area contributed by atoms with E-state index in [4.69, 9.17) is 4.74 Å². The van der Waals surface area contributed by atoms with Crippen LogP contribution in [-0.2, 0) is 4.79 Å². The maximum absolute atomic E-state index is 12.3. The standard InChI is InChI=1S/C21H33N3O2/c1-18-7-5-6-10-20(18)22-21(25)17-24-13-11-23(12-14-24)15-16-26-19-8-3-2-4-9-19/h2-4,8-9,18,20H,5-7,10-17H2,1H3,(H,22,25)/t18-,20-/m1/s1. The van der Waals surface area contributed by atoms with Gasteiger partial charge >= 0.3 is 0 Å². The Morgan fingerprint density at radius 3 is 2.50 bits per heavy atom. The minimum atomic E-state index is 0.199. The van der Waals surface area contributed by atoms with Gasteiger partial charge in [-0.05, 0) is 30.9 Å². The van der Waals surface area contributed by atoms with E-state index < -0.39 is 0 Å². The molecule has 0 aromatic heterocycles. The van der Waals surface area contributed by atoms with Crippen molar-refractivity contribution in [1.82, 2.24) is 15.1 Å². The number of piperazine rings is 1. The second kappa shape index (κ2) is 9.93. The molecule has 1 aromatic carbocycles. The number of benzene rings is 1.